The summed E-state index contributed by atoms with van der Waals surface area (Å²) in [5.41, 5.74) is -1.30. The number of rotatable bonds is 3. The minimum absolute atomic E-state index is 0.00489. The van der Waals surface area contributed by atoms with E-state index >= 15 is 0 Å². The highest BCUT2D eigenvalue weighted by Gasteiger charge is 2.32. The Labute approximate surface area is 150 Å². The zero-order valence-corrected chi connectivity index (χ0v) is 15.1. The predicted molar refractivity (Wildman–Crippen MR) is 89.6 cm³/mol. The first-order valence-corrected chi connectivity index (χ1v) is 8.36. The van der Waals surface area contributed by atoms with Crippen LogP contribution in [0.3, 0.4) is 0 Å². The first kappa shape index (κ1) is 20.1. The molecule has 1 aromatic carbocycles. The molecule has 26 heavy (non-hydrogen) atoms. The van der Waals surface area contributed by atoms with Gasteiger partial charge in [-0.25, -0.2) is 0 Å². The first-order valence-electron chi connectivity index (χ1n) is 8.36. The third kappa shape index (κ3) is 5.12. The van der Waals surface area contributed by atoms with Crippen molar-refractivity contribution in [2.45, 2.75) is 26.9 Å². The van der Waals surface area contributed by atoms with E-state index in [0.717, 1.165) is 12.1 Å². The van der Waals surface area contributed by atoms with Crippen LogP contribution in [-0.4, -0.2) is 54.4 Å². The number of benzene rings is 1. The summed E-state index contributed by atoms with van der Waals surface area (Å²) in [7, 11) is 0. The zero-order valence-electron chi connectivity index (χ0n) is 15.1. The number of hydrogen-bond donors (Lipinski definition) is 0. The molecule has 5 nitrogen and oxygen atoms in total. The molecular formula is C18H23F3N2O3. The zero-order chi connectivity index (χ0) is 19.5. The van der Waals surface area contributed by atoms with Crippen molar-refractivity contribution >= 4 is 11.8 Å². The molecule has 0 radical (unpaired) electrons. The highest BCUT2D eigenvalue weighted by atomic mass is 19.4. The Morgan fingerprint density at radius 2 is 1.62 bits per heavy atom. The lowest BCUT2D eigenvalue weighted by molar-refractivity contribution is -0.145. The monoisotopic (exact) mass is 372 g/mol. The van der Waals surface area contributed by atoms with Crippen molar-refractivity contribution in [1.82, 2.24) is 9.80 Å². The minimum Gasteiger partial charge on any atom is -0.484 e. The fraction of sp³-hybridized carbons (Fsp3) is 0.556. The van der Waals surface area contributed by atoms with Gasteiger partial charge in [0.25, 0.3) is 5.91 Å². The second kappa shape index (κ2) is 7.55. The molecule has 0 aliphatic carbocycles. The molecule has 0 unspecified atom stereocenters. The van der Waals surface area contributed by atoms with Crippen LogP contribution in [0, 0.1) is 5.41 Å². The molecule has 1 heterocycles. The summed E-state index contributed by atoms with van der Waals surface area (Å²) in [4.78, 5) is 27.7. The molecule has 0 aromatic heterocycles. The topological polar surface area (TPSA) is 49.9 Å². The summed E-state index contributed by atoms with van der Waals surface area (Å²) in [5, 5.41) is 0. The largest absolute Gasteiger partial charge is 0.484 e. The molecule has 8 heteroatoms. The van der Waals surface area contributed by atoms with E-state index in [4.69, 9.17) is 4.74 Å². The van der Waals surface area contributed by atoms with Crippen molar-refractivity contribution in [2.75, 3.05) is 32.8 Å². The lowest BCUT2D eigenvalue weighted by Crippen LogP contribution is -2.53. The third-order valence-electron chi connectivity index (χ3n) is 4.08. The predicted octanol–water partition coefficient (Wildman–Crippen LogP) is 2.80. The Morgan fingerprint density at radius 3 is 2.15 bits per heavy atom. The smallest absolute Gasteiger partial charge is 0.416 e. The highest BCUT2D eigenvalue weighted by Crippen LogP contribution is 2.31. The van der Waals surface area contributed by atoms with E-state index in [0.29, 0.717) is 26.2 Å². The van der Waals surface area contributed by atoms with Gasteiger partial charge in [-0.1, -0.05) is 26.8 Å². The van der Waals surface area contributed by atoms with Gasteiger partial charge in [0.1, 0.15) is 5.75 Å². The molecule has 1 fully saturated rings. The van der Waals surface area contributed by atoms with Crippen LogP contribution in [-0.2, 0) is 15.8 Å². The maximum atomic E-state index is 12.7. The van der Waals surface area contributed by atoms with Crippen molar-refractivity contribution in [1.29, 1.82) is 0 Å². The van der Waals surface area contributed by atoms with Crippen LogP contribution in [0.25, 0.3) is 0 Å². The molecule has 0 saturated carbocycles. The quantitative estimate of drug-likeness (QED) is 0.820. The SMILES string of the molecule is CC(C)(C)C(=O)N1CCN(C(=O)COc2cccc(C(F)(F)F)c2)CC1. The molecular weight excluding hydrogens is 349 g/mol. The van der Waals surface area contributed by atoms with Crippen LogP contribution in [0.2, 0.25) is 0 Å². The van der Waals surface area contributed by atoms with Gasteiger partial charge in [-0.2, -0.15) is 13.2 Å². The Morgan fingerprint density at radius 1 is 1.04 bits per heavy atom. The fourth-order valence-corrected chi connectivity index (χ4v) is 2.63. The summed E-state index contributed by atoms with van der Waals surface area (Å²) >= 11 is 0. The maximum Gasteiger partial charge on any atom is 0.416 e. The van der Waals surface area contributed by atoms with Crippen LogP contribution >= 0.6 is 0 Å². The second-order valence-corrected chi connectivity index (χ2v) is 7.24. The van der Waals surface area contributed by atoms with E-state index in [1.54, 1.807) is 9.80 Å². The highest BCUT2D eigenvalue weighted by molar-refractivity contribution is 5.82. The summed E-state index contributed by atoms with van der Waals surface area (Å²) in [6.07, 6.45) is -4.46. The molecule has 2 amide bonds. The number of alkyl halides is 3. The maximum absolute atomic E-state index is 12.7. The Balaban J connectivity index is 1.86. The van der Waals surface area contributed by atoms with E-state index in [1.807, 2.05) is 20.8 Å². The number of amides is 2. The van der Waals surface area contributed by atoms with E-state index in [1.165, 1.54) is 12.1 Å². The molecule has 0 spiro atoms. The molecule has 144 valence electrons. The molecule has 0 N–H and O–H groups in total. The number of carbonyl (C=O) groups excluding carboxylic acids is 2. The number of carbonyl (C=O) groups is 2. The molecule has 2 rings (SSSR count). The standard InChI is InChI=1S/C18H23F3N2O3/c1-17(2,3)16(25)23-9-7-22(8-10-23)15(24)12-26-14-6-4-5-13(11-14)18(19,20)21/h4-6,11H,7-10,12H2,1-3H3. The number of piperazine rings is 1. The number of halogens is 3. The van der Waals surface area contributed by atoms with Crippen LogP contribution in [0.5, 0.6) is 5.75 Å². The van der Waals surface area contributed by atoms with E-state index < -0.39 is 17.2 Å². The Kier molecular flexibility index (Phi) is 5.83. The molecule has 1 aliphatic heterocycles. The van der Waals surface area contributed by atoms with Crippen LogP contribution in [0.1, 0.15) is 26.3 Å². The van der Waals surface area contributed by atoms with Crippen molar-refractivity contribution in [3.63, 3.8) is 0 Å². The van der Waals surface area contributed by atoms with Gasteiger partial charge < -0.3 is 14.5 Å². The van der Waals surface area contributed by atoms with Crippen molar-refractivity contribution in [2.24, 2.45) is 5.41 Å². The van der Waals surface area contributed by atoms with E-state index in [9.17, 15) is 22.8 Å². The lowest BCUT2D eigenvalue weighted by Gasteiger charge is -2.37. The van der Waals surface area contributed by atoms with Crippen LogP contribution in [0.15, 0.2) is 24.3 Å². The third-order valence-corrected chi connectivity index (χ3v) is 4.08. The van der Waals surface area contributed by atoms with E-state index in [-0.39, 0.29) is 24.2 Å². The average Bonchev–Trinajstić information content (AvgIpc) is 2.58. The minimum atomic E-state index is -4.46. The van der Waals surface area contributed by atoms with Crippen LogP contribution < -0.4 is 4.74 Å². The van der Waals surface area contributed by atoms with Gasteiger partial charge in [-0.15, -0.1) is 0 Å². The van der Waals surface area contributed by atoms with Gasteiger partial charge in [0.2, 0.25) is 5.91 Å². The number of hydrogen-bond acceptors (Lipinski definition) is 3. The van der Waals surface area contributed by atoms with E-state index in [2.05, 4.69) is 0 Å². The molecule has 0 atom stereocenters. The van der Waals surface area contributed by atoms with Gasteiger partial charge in [-0.05, 0) is 18.2 Å². The van der Waals surface area contributed by atoms with Gasteiger partial charge in [-0.3, -0.25) is 9.59 Å². The molecule has 1 saturated heterocycles. The second-order valence-electron chi connectivity index (χ2n) is 7.24. The molecule has 0 bridgehead atoms. The van der Waals surface area contributed by atoms with Gasteiger partial charge in [0.05, 0.1) is 5.56 Å². The molecule has 1 aliphatic rings. The molecule has 1 aromatic rings. The summed E-state index contributed by atoms with van der Waals surface area (Å²) < 4.78 is 43.3. The van der Waals surface area contributed by atoms with Gasteiger partial charge >= 0.3 is 6.18 Å². The van der Waals surface area contributed by atoms with Crippen molar-refractivity contribution in [3.05, 3.63) is 29.8 Å². The Bertz CT molecular complexity index is 660. The number of nitrogens with zero attached hydrogens (tertiary/aromatic N) is 2. The summed E-state index contributed by atoms with van der Waals surface area (Å²) in [5.74, 6) is -0.287. The van der Waals surface area contributed by atoms with Crippen LogP contribution in [0.4, 0.5) is 13.2 Å². The first-order chi connectivity index (χ1) is 12.0. The van der Waals surface area contributed by atoms with Crippen molar-refractivity contribution < 1.29 is 27.5 Å². The summed E-state index contributed by atoms with van der Waals surface area (Å²) in [6.45, 7) is 6.83. The fourth-order valence-electron chi connectivity index (χ4n) is 2.63. The van der Waals surface area contributed by atoms with Crippen molar-refractivity contribution in [3.8, 4) is 5.75 Å². The average molecular weight is 372 g/mol. The Hall–Kier alpha value is -2.25. The lowest BCUT2D eigenvalue weighted by atomic mass is 9.94. The normalized spacial score (nSPS) is 15.8. The van der Waals surface area contributed by atoms with Gasteiger partial charge in [0.15, 0.2) is 6.61 Å². The number of ether oxygens (including phenoxy) is 1. The van der Waals surface area contributed by atoms with Gasteiger partial charge in [0, 0.05) is 31.6 Å². The summed E-state index contributed by atoms with van der Waals surface area (Å²) in [6, 6.07) is 4.43.